The van der Waals surface area contributed by atoms with Crippen LogP contribution in [0.1, 0.15) is 46.5 Å². The van der Waals surface area contributed by atoms with Gasteiger partial charge in [-0.25, -0.2) is 4.39 Å². The molecule has 31 heavy (non-hydrogen) atoms. The number of anilines is 1. The molecule has 0 aromatic heterocycles. The number of fused-ring (bicyclic) bond motifs is 1. The number of benzene rings is 1. The zero-order chi connectivity index (χ0) is 22.6. The van der Waals surface area contributed by atoms with Gasteiger partial charge < -0.3 is 9.64 Å². The molecule has 0 radical (unpaired) electrons. The maximum Gasteiger partial charge on any atom is 0.306 e. The number of halogens is 1. The number of carbonyl (C=O) groups excluding carboxylic acids is 2. The molecule has 1 aromatic rings. The number of hydrogen-bond donors (Lipinski definition) is 0. The van der Waals surface area contributed by atoms with Gasteiger partial charge in [0.25, 0.3) is 0 Å². The van der Waals surface area contributed by atoms with Crippen LogP contribution in [-0.2, 0) is 14.3 Å². The summed E-state index contributed by atoms with van der Waals surface area (Å²) in [6.45, 7) is 5.52. The number of nitriles is 1. The van der Waals surface area contributed by atoms with Gasteiger partial charge in [-0.15, -0.1) is 0 Å². The number of ketones is 1. The van der Waals surface area contributed by atoms with Crippen LogP contribution in [0.15, 0.2) is 59.8 Å². The fourth-order valence-electron chi connectivity index (χ4n) is 3.71. The van der Waals surface area contributed by atoms with E-state index in [4.69, 9.17) is 4.74 Å². The van der Waals surface area contributed by atoms with E-state index in [1.54, 1.807) is 24.3 Å². The molecule has 1 aliphatic carbocycles. The van der Waals surface area contributed by atoms with E-state index in [2.05, 4.69) is 0 Å². The Morgan fingerprint density at radius 3 is 2.58 bits per heavy atom. The van der Waals surface area contributed by atoms with Crippen molar-refractivity contribution in [2.75, 3.05) is 4.90 Å². The van der Waals surface area contributed by atoms with Crippen molar-refractivity contribution < 1.29 is 18.7 Å². The number of carbonyl (C=O) groups is 2. The van der Waals surface area contributed by atoms with Crippen molar-refractivity contribution in [2.45, 2.75) is 58.1 Å². The number of allylic oxidation sites excluding steroid dienone is 4. The second kappa shape index (κ2) is 9.30. The van der Waals surface area contributed by atoms with E-state index in [9.17, 15) is 19.2 Å². The Hall–Kier alpha value is -3.20. The first kappa shape index (κ1) is 22.5. The lowest BCUT2D eigenvalue weighted by molar-refractivity contribution is -0.154. The van der Waals surface area contributed by atoms with Crippen LogP contribution in [0.4, 0.5) is 10.1 Å². The molecule has 0 saturated carbocycles. The molecule has 3 rings (SSSR count). The SMILES string of the molecule is CC(C)(C)OC(=O)CCCCC1C=C2C(=O)C(C#N)C=CC2=CN1c1ccc(F)cc1. The first-order chi connectivity index (χ1) is 14.7. The molecular weight excluding hydrogens is 395 g/mol. The molecule has 0 amide bonds. The molecule has 6 heteroatoms. The quantitative estimate of drug-likeness (QED) is 0.476. The summed E-state index contributed by atoms with van der Waals surface area (Å²) < 4.78 is 18.8. The highest BCUT2D eigenvalue weighted by Gasteiger charge is 2.31. The lowest BCUT2D eigenvalue weighted by Gasteiger charge is -2.35. The molecule has 0 saturated heterocycles. The average Bonchev–Trinajstić information content (AvgIpc) is 2.71. The van der Waals surface area contributed by atoms with Crippen molar-refractivity contribution >= 4 is 17.4 Å². The summed E-state index contributed by atoms with van der Waals surface area (Å²) in [5.41, 5.74) is 1.59. The highest BCUT2D eigenvalue weighted by atomic mass is 19.1. The zero-order valence-corrected chi connectivity index (χ0v) is 18.1. The van der Waals surface area contributed by atoms with E-state index in [1.165, 1.54) is 12.1 Å². The maximum atomic E-state index is 13.4. The van der Waals surface area contributed by atoms with Gasteiger partial charge in [0.1, 0.15) is 17.3 Å². The molecule has 0 bridgehead atoms. The van der Waals surface area contributed by atoms with Crippen LogP contribution in [-0.4, -0.2) is 23.4 Å². The van der Waals surface area contributed by atoms with Crippen molar-refractivity contribution in [3.05, 3.63) is 65.7 Å². The third kappa shape index (κ3) is 5.69. The first-order valence-electron chi connectivity index (χ1n) is 10.5. The minimum absolute atomic E-state index is 0.141. The second-order valence-electron chi connectivity index (χ2n) is 8.78. The summed E-state index contributed by atoms with van der Waals surface area (Å²) in [6.07, 6.45) is 9.60. The number of rotatable bonds is 6. The van der Waals surface area contributed by atoms with Crippen LogP contribution < -0.4 is 4.90 Å². The molecule has 0 spiro atoms. The lowest BCUT2D eigenvalue weighted by atomic mass is 9.84. The van der Waals surface area contributed by atoms with E-state index in [0.717, 1.165) is 17.7 Å². The topological polar surface area (TPSA) is 70.4 Å². The summed E-state index contributed by atoms with van der Waals surface area (Å²) in [5.74, 6) is -1.51. The third-order valence-electron chi connectivity index (χ3n) is 5.14. The van der Waals surface area contributed by atoms with Crippen molar-refractivity contribution in [1.29, 1.82) is 5.26 Å². The van der Waals surface area contributed by atoms with Crippen molar-refractivity contribution in [2.24, 2.45) is 5.92 Å². The molecule has 5 nitrogen and oxygen atoms in total. The van der Waals surface area contributed by atoms with Crippen LogP contribution >= 0.6 is 0 Å². The summed E-state index contributed by atoms with van der Waals surface area (Å²) in [4.78, 5) is 26.6. The summed E-state index contributed by atoms with van der Waals surface area (Å²) in [6, 6.07) is 8.09. The highest BCUT2D eigenvalue weighted by molar-refractivity contribution is 6.06. The zero-order valence-electron chi connectivity index (χ0n) is 18.1. The van der Waals surface area contributed by atoms with E-state index in [1.807, 2.05) is 44.0 Å². The monoisotopic (exact) mass is 422 g/mol. The molecule has 1 heterocycles. The van der Waals surface area contributed by atoms with Gasteiger partial charge in [0.2, 0.25) is 0 Å². The smallest absolute Gasteiger partial charge is 0.306 e. The largest absolute Gasteiger partial charge is 0.460 e. The Morgan fingerprint density at radius 2 is 1.94 bits per heavy atom. The lowest BCUT2D eigenvalue weighted by Crippen LogP contribution is -2.35. The molecule has 162 valence electrons. The van der Waals surface area contributed by atoms with Crippen LogP contribution in [0, 0.1) is 23.1 Å². The van der Waals surface area contributed by atoms with E-state index in [0.29, 0.717) is 24.8 Å². The van der Waals surface area contributed by atoms with Crippen molar-refractivity contribution in [3.63, 3.8) is 0 Å². The highest BCUT2D eigenvalue weighted by Crippen LogP contribution is 2.33. The number of nitrogens with zero attached hydrogens (tertiary/aromatic N) is 2. The average molecular weight is 423 g/mol. The standard InChI is InChI=1S/C25H27FN2O3/c1-25(2,3)31-23(29)7-5-4-6-21-14-22-18(9-8-17(15-27)24(22)30)16-28(21)20-12-10-19(26)11-13-20/h8-14,16-17,21H,4-7H2,1-3H3. The Balaban J connectivity index is 1.75. The number of Topliss-reactive ketones (excluding diaryl/α,β-unsaturated/α-hetero) is 1. The van der Waals surface area contributed by atoms with Crippen molar-refractivity contribution in [1.82, 2.24) is 0 Å². The summed E-state index contributed by atoms with van der Waals surface area (Å²) in [5, 5.41) is 9.22. The minimum atomic E-state index is -0.770. The van der Waals surface area contributed by atoms with Gasteiger partial charge in [0, 0.05) is 29.5 Å². The first-order valence-corrected chi connectivity index (χ1v) is 10.5. The van der Waals surface area contributed by atoms with Gasteiger partial charge >= 0.3 is 5.97 Å². The summed E-state index contributed by atoms with van der Waals surface area (Å²) >= 11 is 0. The third-order valence-corrected chi connectivity index (χ3v) is 5.14. The molecule has 2 atom stereocenters. The second-order valence-corrected chi connectivity index (χ2v) is 8.78. The van der Waals surface area contributed by atoms with Gasteiger partial charge in [-0.1, -0.05) is 24.6 Å². The van der Waals surface area contributed by atoms with Crippen LogP contribution in [0.2, 0.25) is 0 Å². The Kier molecular flexibility index (Phi) is 6.74. The minimum Gasteiger partial charge on any atom is -0.460 e. The number of hydrogen-bond acceptors (Lipinski definition) is 5. The van der Waals surface area contributed by atoms with E-state index >= 15 is 0 Å². The number of ether oxygens (including phenoxy) is 1. The number of esters is 1. The Morgan fingerprint density at radius 1 is 1.23 bits per heavy atom. The molecular formula is C25H27FN2O3. The van der Waals surface area contributed by atoms with Gasteiger partial charge in [-0.3, -0.25) is 9.59 Å². The predicted molar refractivity (Wildman–Crippen MR) is 116 cm³/mol. The van der Waals surface area contributed by atoms with Crippen LogP contribution in [0.25, 0.3) is 0 Å². The van der Waals surface area contributed by atoms with Gasteiger partial charge in [-0.05, 0) is 57.9 Å². The van der Waals surface area contributed by atoms with Crippen molar-refractivity contribution in [3.8, 4) is 6.07 Å². The fraction of sp³-hybridized carbons (Fsp3) is 0.400. The molecule has 1 aliphatic heterocycles. The summed E-state index contributed by atoms with van der Waals surface area (Å²) in [7, 11) is 0. The van der Waals surface area contributed by atoms with Gasteiger partial charge in [-0.2, -0.15) is 5.26 Å². The maximum absolute atomic E-state index is 13.4. The fourth-order valence-corrected chi connectivity index (χ4v) is 3.71. The van der Waals surface area contributed by atoms with Crippen LogP contribution in [0.5, 0.6) is 0 Å². The number of unbranched alkanes of at least 4 members (excludes halogenated alkanes) is 1. The van der Waals surface area contributed by atoms with Gasteiger partial charge in [0.05, 0.1) is 12.1 Å². The van der Waals surface area contributed by atoms with E-state index in [-0.39, 0.29) is 23.6 Å². The van der Waals surface area contributed by atoms with E-state index < -0.39 is 11.5 Å². The molecule has 2 aliphatic rings. The molecule has 0 fully saturated rings. The Labute approximate surface area is 182 Å². The molecule has 1 aromatic carbocycles. The van der Waals surface area contributed by atoms with Gasteiger partial charge in [0.15, 0.2) is 5.78 Å². The Bertz CT molecular complexity index is 978. The van der Waals surface area contributed by atoms with Crippen LogP contribution in [0.3, 0.4) is 0 Å². The molecule has 2 unspecified atom stereocenters. The predicted octanol–water partition coefficient (Wildman–Crippen LogP) is 5.01. The molecule has 0 N–H and O–H groups in total. The normalized spacial score (nSPS) is 20.5.